The Balaban J connectivity index is 1.55. The number of carboxylic acid groups (broad SMARTS) is 1. The van der Waals surface area contributed by atoms with Crippen LogP contribution in [-0.2, 0) is 28.0 Å². The van der Waals surface area contributed by atoms with E-state index in [2.05, 4.69) is 30.4 Å². The van der Waals surface area contributed by atoms with Crippen molar-refractivity contribution >= 4 is 45.9 Å². The van der Waals surface area contributed by atoms with Crippen molar-refractivity contribution in [2.45, 2.75) is 65.1 Å². The van der Waals surface area contributed by atoms with Crippen molar-refractivity contribution in [1.82, 2.24) is 29.7 Å². The van der Waals surface area contributed by atoms with Crippen LogP contribution in [0, 0.1) is 5.41 Å². The molecule has 204 valence electrons. The first-order valence-electron chi connectivity index (χ1n) is 12.4. The van der Waals surface area contributed by atoms with Crippen LogP contribution in [0.4, 0.5) is 16.0 Å². The quantitative estimate of drug-likeness (QED) is 0.293. The number of aliphatic carboxylic acids is 1. The van der Waals surface area contributed by atoms with E-state index in [0.717, 1.165) is 0 Å². The Morgan fingerprint density at radius 2 is 2.00 bits per heavy atom. The number of hydrogen-bond donors (Lipinski definition) is 3. The van der Waals surface area contributed by atoms with Crippen LogP contribution in [0.1, 0.15) is 57.3 Å². The number of alkyl halides is 1. The maximum Gasteiger partial charge on any atom is 0.309 e. The number of hydrogen-bond acceptors (Lipinski definition) is 9. The number of rotatable bonds is 8. The van der Waals surface area contributed by atoms with Gasteiger partial charge in [0.05, 0.1) is 22.1 Å². The molecule has 0 fully saturated rings. The van der Waals surface area contributed by atoms with E-state index in [0.29, 0.717) is 39.5 Å². The summed E-state index contributed by atoms with van der Waals surface area (Å²) in [5.74, 6) is -0.749. The van der Waals surface area contributed by atoms with E-state index in [9.17, 15) is 19.1 Å². The van der Waals surface area contributed by atoms with Gasteiger partial charge in [0.1, 0.15) is 33.4 Å². The largest absolute Gasteiger partial charge is 0.481 e. The molecule has 1 aliphatic heterocycles. The van der Waals surface area contributed by atoms with Gasteiger partial charge >= 0.3 is 5.97 Å². The minimum Gasteiger partial charge on any atom is -0.481 e. The second-order valence-electron chi connectivity index (χ2n) is 11.2. The number of anilines is 2. The Kier molecular flexibility index (Phi) is 6.17. The first-order valence-corrected chi connectivity index (χ1v) is 13.3. The first-order chi connectivity index (χ1) is 18.2. The molecule has 5 heterocycles. The van der Waals surface area contributed by atoms with E-state index in [-0.39, 0.29) is 36.2 Å². The van der Waals surface area contributed by atoms with E-state index in [4.69, 9.17) is 5.73 Å². The molecule has 1 atom stereocenters. The van der Waals surface area contributed by atoms with E-state index in [1.54, 1.807) is 43.1 Å². The first kappa shape index (κ1) is 26.6. The molecule has 1 amide bonds. The second-order valence-corrected chi connectivity index (χ2v) is 12.0. The molecular formula is C26H29FN8O3S. The molecule has 1 unspecified atom stereocenters. The molecule has 39 heavy (non-hydrogen) atoms. The minimum absolute atomic E-state index is 0.0925. The molecule has 0 spiro atoms. The van der Waals surface area contributed by atoms with Gasteiger partial charge in [-0.3, -0.25) is 9.59 Å². The second kappa shape index (κ2) is 9.04. The van der Waals surface area contributed by atoms with Gasteiger partial charge in [0, 0.05) is 31.0 Å². The molecule has 11 nitrogen and oxygen atoms in total. The highest BCUT2D eigenvalue weighted by atomic mass is 32.1. The predicted octanol–water partition coefficient (Wildman–Crippen LogP) is 3.98. The van der Waals surface area contributed by atoms with Crippen LogP contribution in [0.15, 0.2) is 23.7 Å². The number of carbonyl (C=O) groups is 2. The third-order valence-corrected chi connectivity index (χ3v) is 8.05. The lowest BCUT2D eigenvalue weighted by Gasteiger charge is -2.20. The highest BCUT2D eigenvalue weighted by Gasteiger charge is 2.50. The molecule has 0 aliphatic carbocycles. The van der Waals surface area contributed by atoms with Crippen LogP contribution in [0.5, 0.6) is 0 Å². The molecule has 1 aliphatic rings. The van der Waals surface area contributed by atoms with Crippen molar-refractivity contribution in [2.24, 2.45) is 5.41 Å². The number of nitrogen functional groups attached to an aromatic ring is 1. The Morgan fingerprint density at radius 3 is 2.69 bits per heavy atom. The Hall–Kier alpha value is -4.00. The van der Waals surface area contributed by atoms with Crippen molar-refractivity contribution in [3.05, 3.63) is 40.0 Å². The molecule has 5 rings (SSSR count). The van der Waals surface area contributed by atoms with Gasteiger partial charge in [-0.15, -0.1) is 11.3 Å². The summed E-state index contributed by atoms with van der Waals surface area (Å²) in [6, 6.07) is 3.59. The van der Waals surface area contributed by atoms with Crippen LogP contribution in [0.25, 0.3) is 22.6 Å². The predicted molar refractivity (Wildman–Crippen MR) is 145 cm³/mol. The fourth-order valence-electron chi connectivity index (χ4n) is 4.57. The molecule has 0 saturated carbocycles. The van der Waals surface area contributed by atoms with E-state index in [1.165, 1.54) is 25.2 Å². The Morgan fingerprint density at radius 1 is 1.26 bits per heavy atom. The van der Waals surface area contributed by atoms with E-state index < -0.39 is 22.5 Å². The number of nitrogens with zero attached hydrogens (tertiary/aromatic N) is 6. The topological polar surface area (TPSA) is 162 Å². The number of aryl methyl sites for hydroxylation is 1. The summed E-state index contributed by atoms with van der Waals surface area (Å²) in [5.41, 5.74) is 4.75. The summed E-state index contributed by atoms with van der Waals surface area (Å²) in [7, 11) is 0. The van der Waals surface area contributed by atoms with Crippen LogP contribution < -0.4 is 11.1 Å². The van der Waals surface area contributed by atoms with Gasteiger partial charge in [0.15, 0.2) is 11.5 Å². The summed E-state index contributed by atoms with van der Waals surface area (Å²) in [6.45, 7) is 8.27. The zero-order valence-corrected chi connectivity index (χ0v) is 23.1. The monoisotopic (exact) mass is 552 g/mol. The molecular weight excluding hydrogens is 523 g/mol. The van der Waals surface area contributed by atoms with Gasteiger partial charge in [0.25, 0.3) is 0 Å². The maximum absolute atomic E-state index is 14.2. The number of nitrogens with two attached hydrogens (primary N) is 1. The van der Waals surface area contributed by atoms with E-state index >= 15 is 0 Å². The Labute approximate surface area is 227 Å². The summed E-state index contributed by atoms with van der Waals surface area (Å²) in [4.78, 5) is 43.1. The summed E-state index contributed by atoms with van der Waals surface area (Å²) in [5, 5.41) is 19.8. The van der Waals surface area contributed by atoms with Crippen molar-refractivity contribution in [1.29, 1.82) is 0 Å². The number of nitrogens with one attached hydrogen (secondary N) is 1. The third-order valence-electron chi connectivity index (χ3n) is 6.94. The standard InChI is InChI=1S/C26H29FN8O3S/c1-24(2,23(37)38)11-13-12-39-22(30-13)26(5)15-17(28)31-19(32-18(15)33-21(26)36)16-14-7-6-9-29-20(14)35(34-16)10-8-25(3,4)27/h6-7,9,12H,8,10-11H2,1-5H3,(H,37,38)(H3,28,31,32,33,36). The van der Waals surface area contributed by atoms with Crippen molar-refractivity contribution < 1.29 is 19.1 Å². The lowest BCUT2D eigenvalue weighted by molar-refractivity contribution is -0.146. The minimum atomic E-state index is -1.38. The fourth-order valence-corrected chi connectivity index (χ4v) is 5.55. The number of carbonyl (C=O) groups excluding carboxylic acids is 1. The van der Waals surface area contributed by atoms with Crippen molar-refractivity contribution in [3.8, 4) is 11.5 Å². The number of pyridine rings is 1. The lowest BCUT2D eigenvalue weighted by Crippen LogP contribution is -2.33. The van der Waals surface area contributed by atoms with Gasteiger partial charge in [-0.25, -0.2) is 29.0 Å². The van der Waals surface area contributed by atoms with Crippen molar-refractivity contribution in [2.75, 3.05) is 11.1 Å². The number of carboxylic acids is 1. The molecule has 13 heteroatoms. The van der Waals surface area contributed by atoms with Gasteiger partial charge < -0.3 is 16.2 Å². The smallest absolute Gasteiger partial charge is 0.309 e. The molecule has 0 radical (unpaired) electrons. The van der Waals surface area contributed by atoms with Gasteiger partial charge in [-0.05, 0) is 46.8 Å². The van der Waals surface area contributed by atoms with Crippen LogP contribution >= 0.6 is 11.3 Å². The lowest BCUT2D eigenvalue weighted by atomic mass is 9.85. The number of amides is 1. The SMILES string of the molecule is CC(C)(F)CCn1nc(-c2nc(N)c3c(n2)NC(=O)C3(C)c2nc(CC(C)(C)C(=O)O)cs2)c2cccnc21. The molecule has 0 saturated heterocycles. The van der Waals surface area contributed by atoms with E-state index in [1.807, 2.05) is 6.07 Å². The normalized spacial score (nSPS) is 17.4. The Bertz CT molecular complexity index is 1620. The fraction of sp³-hybridized carbons (Fsp3) is 0.423. The molecule has 4 aromatic rings. The van der Waals surface area contributed by atoms with Crippen LogP contribution in [0.3, 0.4) is 0 Å². The zero-order valence-electron chi connectivity index (χ0n) is 22.2. The zero-order chi connectivity index (χ0) is 28.3. The average molecular weight is 553 g/mol. The summed E-state index contributed by atoms with van der Waals surface area (Å²) in [6.07, 6.45) is 2.08. The van der Waals surface area contributed by atoms with Crippen LogP contribution in [0.2, 0.25) is 0 Å². The maximum atomic E-state index is 14.2. The van der Waals surface area contributed by atoms with Gasteiger partial charge in [0.2, 0.25) is 5.91 Å². The molecule has 4 aromatic heterocycles. The number of thiazole rings is 1. The number of aromatic nitrogens is 6. The highest BCUT2D eigenvalue weighted by Crippen LogP contribution is 2.46. The molecule has 4 N–H and O–H groups in total. The number of halogens is 1. The highest BCUT2D eigenvalue weighted by molar-refractivity contribution is 7.10. The number of fused-ring (bicyclic) bond motifs is 2. The average Bonchev–Trinajstić information content (AvgIpc) is 3.52. The van der Waals surface area contributed by atoms with Crippen molar-refractivity contribution in [3.63, 3.8) is 0 Å². The molecule has 0 aromatic carbocycles. The third kappa shape index (κ3) is 4.60. The molecule has 0 bridgehead atoms. The summed E-state index contributed by atoms with van der Waals surface area (Å²) >= 11 is 1.26. The summed E-state index contributed by atoms with van der Waals surface area (Å²) < 4.78 is 15.8. The van der Waals surface area contributed by atoms with Gasteiger partial charge in [-0.2, -0.15) is 5.10 Å². The van der Waals surface area contributed by atoms with Crippen LogP contribution in [-0.4, -0.2) is 52.4 Å². The van der Waals surface area contributed by atoms with Gasteiger partial charge in [-0.1, -0.05) is 0 Å².